The van der Waals surface area contributed by atoms with E-state index >= 15 is 0 Å². The molecule has 1 atom stereocenters. The summed E-state index contributed by atoms with van der Waals surface area (Å²) >= 11 is 1.61. The highest BCUT2D eigenvalue weighted by molar-refractivity contribution is 7.07. The number of aryl methyl sites for hydroxylation is 1. The van der Waals surface area contributed by atoms with E-state index in [0.29, 0.717) is 12.8 Å². The van der Waals surface area contributed by atoms with E-state index in [-0.39, 0.29) is 30.2 Å². The SMILES string of the molecule is O=C1CC(N(C(=O)CCc2ccsc2)C2CC2)C(=O)N1. The first-order chi connectivity index (χ1) is 9.65. The molecular formula is C14H16N2O3S. The largest absolute Gasteiger partial charge is 0.327 e. The summed E-state index contributed by atoms with van der Waals surface area (Å²) in [7, 11) is 0. The summed E-state index contributed by atoms with van der Waals surface area (Å²) in [4.78, 5) is 37.1. The van der Waals surface area contributed by atoms with Crippen molar-refractivity contribution in [3.8, 4) is 0 Å². The number of nitrogens with zero attached hydrogens (tertiary/aromatic N) is 1. The summed E-state index contributed by atoms with van der Waals surface area (Å²) < 4.78 is 0. The van der Waals surface area contributed by atoms with Gasteiger partial charge in [-0.25, -0.2) is 0 Å². The summed E-state index contributed by atoms with van der Waals surface area (Å²) in [5.41, 5.74) is 1.14. The summed E-state index contributed by atoms with van der Waals surface area (Å²) in [5.74, 6) is -0.629. The number of hydrogen-bond acceptors (Lipinski definition) is 4. The number of rotatable bonds is 5. The minimum Gasteiger partial charge on any atom is -0.327 e. The molecule has 0 aromatic carbocycles. The van der Waals surface area contributed by atoms with Gasteiger partial charge in [0.25, 0.3) is 0 Å². The fourth-order valence-electron chi connectivity index (χ4n) is 2.56. The molecule has 5 nitrogen and oxygen atoms in total. The normalized spacial score (nSPS) is 21.9. The lowest BCUT2D eigenvalue weighted by Crippen LogP contribution is -2.46. The molecule has 1 aromatic heterocycles. The van der Waals surface area contributed by atoms with Gasteiger partial charge >= 0.3 is 0 Å². The number of hydrogen-bond donors (Lipinski definition) is 1. The Kier molecular flexibility index (Phi) is 3.56. The predicted molar refractivity (Wildman–Crippen MR) is 74.1 cm³/mol. The maximum absolute atomic E-state index is 12.4. The van der Waals surface area contributed by atoms with Crippen LogP contribution in [0.1, 0.15) is 31.2 Å². The first-order valence-corrected chi connectivity index (χ1v) is 7.75. The standard InChI is InChI=1S/C14H16N2O3S/c17-12-7-11(14(19)15-12)16(10-2-3-10)13(18)4-1-9-5-6-20-8-9/h5-6,8,10-11H,1-4,7H2,(H,15,17,19). The topological polar surface area (TPSA) is 66.5 Å². The van der Waals surface area contributed by atoms with Crippen molar-refractivity contribution >= 4 is 29.1 Å². The van der Waals surface area contributed by atoms with Gasteiger partial charge in [-0.2, -0.15) is 11.3 Å². The Morgan fingerprint density at radius 3 is 2.75 bits per heavy atom. The molecule has 0 radical (unpaired) electrons. The monoisotopic (exact) mass is 292 g/mol. The molecule has 1 N–H and O–H groups in total. The van der Waals surface area contributed by atoms with Crippen LogP contribution in [0.5, 0.6) is 0 Å². The molecule has 3 rings (SSSR count). The van der Waals surface area contributed by atoms with E-state index in [9.17, 15) is 14.4 Å². The molecule has 1 saturated heterocycles. The van der Waals surface area contributed by atoms with Crippen LogP contribution in [0.15, 0.2) is 16.8 Å². The molecule has 1 saturated carbocycles. The van der Waals surface area contributed by atoms with Crippen LogP contribution in [0.4, 0.5) is 0 Å². The molecule has 3 amide bonds. The number of carbonyl (C=O) groups excluding carboxylic acids is 3. The minimum atomic E-state index is -0.593. The molecule has 1 aromatic rings. The van der Waals surface area contributed by atoms with Crippen molar-refractivity contribution in [2.24, 2.45) is 0 Å². The van der Waals surface area contributed by atoms with Crippen LogP contribution in [0.2, 0.25) is 0 Å². The number of amides is 3. The summed E-state index contributed by atoms with van der Waals surface area (Å²) in [5, 5.41) is 6.30. The Balaban J connectivity index is 1.66. The van der Waals surface area contributed by atoms with Crippen molar-refractivity contribution in [2.45, 2.75) is 44.2 Å². The van der Waals surface area contributed by atoms with Crippen LogP contribution in [0.3, 0.4) is 0 Å². The lowest BCUT2D eigenvalue weighted by molar-refractivity contribution is -0.139. The third kappa shape index (κ3) is 2.75. The lowest BCUT2D eigenvalue weighted by atomic mass is 10.1. The zero-order valence-electron chi connectivity index (χ0n) is 11.0. The highest BCUT2D eigenvalue weighted by Gasteiger charge is 2.44. The Hall–Kier alpha value is -1.69. The number of nitrogens with one attached hydrogen (secondary N) is 1. The van der Waals surface area contributed by atoms with Gasteiger partial charge in [0.05, 0.1) is 6.42 Å². The predicted octanol–water partition coefficient (Wildman–Crippen LogP) is 1.09. The quantitative estimate of drug-likeness (QED) is 0.826. The van der Waals surface area contributed by atoms with Gasteiger partial charge < -0.3 is 4.90 Å². The van der Waals surface area contributed by atoms with E-state index < -0.39 is 6.04 Å². The molecule has 1 unspecified atom stereocenters. The van der Waals surface area contributed by atoms with Crippen LogP contribution in [-0.2, 0) is 20.8 Å². The smallest absolute Gasteiger partial charge is 0.249 e. The van der Waals surface area contributed by atoms with Crippen LogP contribution in [-0.4, -0.2) is 34.7 Å². The molecule has 1 aliphatic carbocycles. The first kappa shape index (κ1) is 13.3. The Morgan fingerprint density at radius 2 is 2.20 bits per heavy atom. The van der Waals surface area contributed by atoms with Crippen LogP contribution < -0.4 is 5.32 Å². The van der Waals surface area contributed by atoms with E-state index in [1.165, 1.54) is 0 Å². The number of carbonyl (C=O) groups is 3. The summed E-state index contributed by atoms with van der Waals surface area (Å²) in [6, 6.07) is 1.56. The van der Waals surface area contributed by atoms with Gasteiger partial charge in [-0.1, -0.05) is 0 Å². The Bertz CT molecular complexity index is 537. The minimum absolute atomic E-state index is 0.0199. The van der Waals surface area contributed by atoms with Gasteiger partial charge in [-0.15, -0.1) is 0 Å². The number of imide groups is 1. The van der Waals surface area contributed by atoms with E-state index in [4.69, 9.17) is 0 Å². The van der Waals surface area contributed by atoms with E-state index in [0.717, 1.165) is 18.4 Å². The molecule has 2 aliphatic rings. The first-order valence-electron chi connectivity index (χ1n) is 6.81. The molecule has 2 heterocycles. The van der Waals surface area contributed by atoms with Gasteiger partial charge in [0, 0.05) is 12.5 Å². The van der Waals surface area contributed by atoms with Crippen molar-refractivity contribution in [3.05, 3.63) is 22.4 Å². The summed E-state index contributed by atoms with van der Waals surface area (Å²) in [6.45, 7) is 0. The zero-order chi connectivity index (χ0) is 14.1. The third-order valence-corrected chi connectivity index (χ3v) is 4.45. The summed E-state index contributed by atoms with van der Waals surface area (Å²) in [6.07, 6.45) is 3.06. The Morgan fingerprint density at radius 1 is 1.40 bits per heavy atom. The van der Waals surface area contributed by atoms with Crippen molar-refractivity contribution in [3.63, 3.8) is 0 Å². The molecule has 106 valence electrons. The highest BCUT2D eigenvalue weighted by Crippen LogP contribution is 2.31. The third-order valence-electron chi connectivity index (χ3n) is 3.72. The van der Waals surface area contributed by atoms with Gasteiger partial charge in [0.1, 0.15) is 6.04 Å². The van der Waals surface area contributed by atoms with Crippen LogP contribution in [0.25, 0.3) is 0 Å². The average Bonchev–Trinajstić information content (AvgIpc) is 2.98. The van der Waals surface area contributed by atoms with Gasteiger partial charge in [0.2, 0.25) is 17.7 Å². The molecule has 0 bridgehead atoms. The number of thiophene rings is 1. The van der Waals surface area contributed by atoms with Crippen LogP contribution >= 0.6 is 11.3 Å². The maximum atomic E-state index is 12.4. The van der Waals surface area contributed by atoms with Gasteiger partial charge in [-0.05, 0) is 41.7 Å². The van der Waals surface area contributed by atoms with Crippen molar-refractivity contribution < 1.29 is 14.4 Å². The highest BCUT2D eigenvalue weighted by atomic mass is 32.1. The maximum Gasteiger partial charge on any atom is 0.249 e. The van der Waals surface area contributed by atoms with Crippen molar-refractivity contribution in [1.82, 2.24) is 10.2 Å². The molecule has 2 fully saturated rings. The fourth-order valence-corrected chi connectivity index (χ4v) is 3.27. The second-order valence-electron chi connectivity index (χ2n) is 5.30. The molecule has 0 spiro atoms. The van der Waals surface area contributed by atoms with Crippen LogP contribution in [0, 0.1) is 0 Å². The van der Waals surface area contributed by atoms with E-state index in [1.54, 1.807) is 16.2 Å². The second-order valence-corrected chi connectivity index (χ2v) is 6.08. The van der Waals surface area contributed by atoms with Gasteiger partial charge in [0.15, 0.2) is 0 Å². The molecular weight excluding hydrogens is 276 g/mol. The molecule has 1 aliphatic heterocycles. The Labute approximate surface area is 121 Å². The van der Waals surface area contributed by atoms with Crippen molar-refractivity contribution in [1.29, 1.82) is 0 Å². The second kappa shape index (κ2) is 5.36. The molecule has 6 heteroatoms. The molecule has 20 heavy (non-hydrogen) atoms. The zero-order valence-corrected chi connectivity index (χ0v) is 11.8. The van der Waals surface area contributed by atoms with E-state index in [2.05, 4.69) is 5.32 Å². The average molecular weight is 292 g/mol. The lowest BCUT2D eigenvalue weighted by Gasteiger charge is -2.26. The van der Waals surface area contributed by atoms with Gasteiger partial charge in [-0.3, -0.25) is 19.7 Å². The fraction of sp³-hybridized carbons (Fsp3) is 0.500. The van der Waals surface area contributed by atoms with E-state index in [1.807, 2.05) is 16.8 Å². The van der Waals surface area contributed by atoms with Crippen molar-refractivity contribution in [2.75, 3.05) is 0 Å².